The van der Waals surface area contributed by atoms with Crippen molar-refractivity contribution in [2.45, 2.75) is 32.4 Å². The Hall–Kier alpha value is -1.06. The van der Waals surface area contributed by atoms with Crippen molar-refractivity contribution in [2.75, 3.05) is 13.2 Å². The average Bonchev–Trinajstić information content (AvgIpc) is 2.79. The number of benzene rings is 1. The van der Waals surface area contributed by atoms with Crippen LogP contribution in [0.25, 0.3) is 0 Å². The van der Waals surface area contributed by atoms with E-state index in [0.717, 1.165) is 25.2 Å². The largest absolute Gasteiger partial charge is 0.491 e. The average molecular weight is 221 g/mol. The van der Waals surface area contributed by atoms with Crippen LogP contribution < -0.4 is 10.5 Å². The van der Waals surface area contributed by atoms with Crippen LogP contribution in [-0.4, -0.2) is 19.3 Å². The quantitative estimate of drug-likeness (QED) is 0.846. The van der Waals surface area contributed by atoms with Gasteiger partial charge in [0.05, 0.1) is 6.10 Å². The Morgan fingerprint density at radius 3 is 3.00 bits per heavy atom. The SMILES string of the molecule is Cc1cc(OCC2CCCO2)ccc1CN. The van der Waals surface area contributed by atoms with Gasteiger partial charge in [-0.2, -0.15) is 0 Å². The van der Waals surface area contributed by atoms with E-state index in [1.165, 1.54) is 11.1 Å². The van der Waals surface area contributed by atoms with E-state index in [1.807, 2.05) is 18.2 Å². The van der Waals surface area contributed by atoms with Gasteiger partial charge < -0.3 is 15.2 Å². The van der Waals surface area contributed by atoms with Gasteiger partial charge in [0.1, 0.15) is 12.4 Å². The monoisotopic (exact) mass is 221 g/mol. The Bertz CT molecular complexity index is 346. The molecule has 1 aromatic rings. The topological polar surface area (TPSA) is 44.5 Å². The molecule has 2 N–H and O–H groups in total. The normalized spacial score (nSPS) is 20.0. The van der Waals surface area contributed by atoms with E-state index in [0.29, 0.717) is 13.2 Å². The van der Waals surface area contributed by atoms with Crippen LogP contribution in [0.4, 0.5) is 0 Å². The zero-order valence-corrected chi connectivity index (χ0v) is 9.74. The maximum absolute atomic E-state index is 5.70. The van der Waals surface area contributed by atoms with Crippen molar-refractivity contribution >= 4 is 0 Å². The summed E-state index contributed by atoms with van der Waals surface area (Å²) in [6.45, 7) is 4.17. The van der Waals surface area contributed by atoms with Gasteiger partial charge in [-0.3, -0.25) is 0 Å². The second-order valence-corrected chi connectivity index (χ2v) is 4.24. The van der Waals surface area contributed by atoms with Gasteiger partial charge in [-0.15, -0.1) is 0 Å². The fraction of sp³-hybridized carbons (Fsp3) is 0.538. The van der Waals surface area contributed by atoms with Crippen molar-refractivity contribution in [2.24, 2.45) is 5.73 Å². The summed E-state index contributed by atoms with van der Waals surface area (Å²) in [6, 6.07) is 6.04. The van der Waals surface area contributed by atoms with Crippen molar-refractivity contribution in [1.82, 2.24) is 0 Å². The van der Waals surface area contributed by atoms with Gasteiger partial charge in [0.15, 0.2) is 0 Å². The molecule has 1 aliphatic rings. The summed E-state index contributed by atoms with van der Waals surface area (Å²) in [5.41, 5.74) is 7.97. The van der Waals surface area contributed by atoms with Crippen LogP contribution in [0.3, 0.4) is 0 Å². The summed E-state index contributed by atoms with van der Waals surface area (Å²) in [6.07, 6.45) is 2.54. The van der Waals surface area contributed by atoms with Crippen LogP contribution in [0.2, 0.25) is 0 Å². The fourth-order valence-corrected chi connectivity index (χ4v) is 1.95. The van der Waals surface area contributed by atoms with Crippen LogP contribution in [0.5, 0.6) is 5.75 Å². The van der Waals surface area contributed by atoms with Gasteiger partial charge in [-0.05, 0) is 43.0 Å². The molecule has 0 saturated carbocycles. The minimum atomic E-state index is 0.273. The molecule has 1 unspecified atom stereocenters. The lowest BCUT2D eigenvalue weighted by atomic mass is 10.1. The first kappa shape index (κ1) is 11.4. The summed E-state index contributed by atoms with van der Waals surface area (Å²) in [4.78, 5) is 0. The highest BCUT2D eigenvalue weighted by molar-refractivity contribution is 5.34. The van der Waals surface area contributed by atoms with Crippen LogP contribution in [0.15, 0.2) is 18.2 Å². The maximum atomic E-state index is 5.70. The molecule has 88 valence electrons. The molecule has 1 atom stereocenters. The Labute approximate surface area is 96.5 Å². The van der Waals surface area contributed by atoms with Gasteiger partial charge in [0.2, 0.25) is 0 Å². The van der Waals surface area contributed by atoms with Gasteiger partial charge in [0, 0.05) is 13.2 Å². The van der Waals surface area contributed by atoms with Gasteiger partial charge in [-0.1, -0.05) is 6.07 Å². The molecule has 3 nitrogen and oxygen atoms in total. The highest BCUT2D eigenvalue weighted by Crippen LogP contribution is 2.19. The first-order chi connectivity index (χ1) is 7.79. The Morgan fingerprint density at radius 2 is 2.38 bits per heavy atom. The summed E-state index contributed by atoms with van der Waals surface area (Å²) in [5, 5.41) is 0. The van der Waals surface area contributed by atoms with Crippen LogP contribution in [0.1, 0.15) is 24.0 Å². The molecular formula is C13H19NO2. The van der Waals surface area contributed by atoms with E-state index in [2.05, 4.69) is 6.92 Å². The van der Waals surface area contributed by atoms with Crippen molar-refractivity contribution in [1.29, 1.82) is 0 Å². The summed E-state index contributed by atoms with van der Waals surface area (Å²) in [7, 11) is 0. The number of hydrogen-bond donors (Lipinski definition) is 1. The number of hydrogen-bond acceptors (Lipinski definition) is 3. The summed E-state index contributed by atoms with van der Waals surface area (Å²) >= 11 is 0. The molecule has 3 heteroatoms. The first-order valence-corrected chi connectivity index (χ1v) is 5.83. The van der Waals surface area contributed by atoms with Crippen LogP contribution in [-0.2, 0) is 11.3 Å². The van der Waals surface area contributed by atoms with Crippen LogP contribution in [0, 0.1) is 6.92 Å². The molecule has 2 rings (SSSR count). The second-order valence-electron chi connectivity index (χ2n) is 4.24. The maximum Gasteiger partial charge on any atom is 0.119 e. The lowest BCUT2D eigenvalue weighted by molar-refractivity contribution is 0.0679. The van der Waals surface area contributed by atoms with Gasteiger partial charge in [0.25, 0.3) is 0 Å². The third-order valence-electron chi connectivity index (χ3n) is 2.99. The molecule has 1 saturated heterocycles. The number of nitrogens with two attached hydrogens (primary N) is 1. The van der Waals surface area contributed by atoms with E-state index in [1.54, 1.807) is 0 Å². The van der Waals surface area contributed by atoms with Crippen molar-refractivity contribution in [3.05, 3.63) is 29.3 Å². The molecule has 0 aliphatic carbocycles. The van der Waals surface area contributed by atoms with Crippen LogP contribution >= 0.6 is 0 Å². The standard InChI is InChI=1S/C13H19NO2/c1-10-7-12(5-4-11(10)8-14)16-9-13-3-2-6-15-13/h4-5,7,13H,2-3,6,8-9,14H2,1H3. The summed E-state index contributed by atoms with van der Waals surface area (Å²) < 4.78 is 11.2. The lowest BCUT2D eigenvalue weighted by Crippen LogP contribution is -2.16. The predicted octanol–water partition coefficient (Wildman–Crippen LogP) is 2.01. The zero-order valence-electron chi connectivity index (χ0n) is 9.74. The Balaban J connectivity index is 1.91. The molecule has 1 heterocycles. The number of rotatable bonds is 4. The highest BCUT2D eigenvalue weighted by atomic mass is 16.5. The molecule has 0 amide bonds. The minimum absolute atomic E-state index is 0.273. The molecule has 16 heavy (non-hydrogen) atoms. The second kappa shape index (κ2) is 5.32. The van der Waals surface area contributed by atoms with E-state index in [4.69, 9.17) is 15.2 Å². The third kappa shape index (κ3) is 2.74. The number of ether oxygens (including phenoxy) is 2. The molecule has 0 bridgehead atoms. The molecule has 1 aromatic carbocycles. The van der Waals surface area contributed by atoms with Crippen molar-refractivity contribution < 1.29 is 9.47 Å². The zero-order chi connectivity index (χ0) is 11.4. The van der Waals surface area contributed by atoms with E-state index in [9.17, 15) is 0 Å². The smallest absolute Gasteiger partial charge is 0.119 e. The Morgan fingerprint density at radius 1 is 1.50 bits per heavy atom. The van der Waals surface area contributed by atoms with Crippen molar-refractivity contribution in [3.8, 4) is 5.75 Å². The minimum Gasteiger partial charge on any atom is -0.491 e. The van der Waals surface area contributed by atoms with E-state index < -0.39 is 0 Å². The molecule has 0 spiro atoms. The molecular weight excluding hydrogens is 202 g/mol. The van der Waals surface area contributed by atoms with Gasteiger partial charge in [-0.25, -0.2) is 0 Å². The van der Waals surface area contributed by atoms with Gasteiger partial charge >= 0.3 is 0 Å². The third-order valence-corrected chi connectivity index (χ3v) is 2.99. The molecule has 0 aromatic heterocycles. The lowest BCUT2D eigenvalue weighted by Gasteiger charge is -2.12. The molecule has 1 aliphatic heterocycles. The predicted molar refractivity (Wildman–Crippen MR) is 63.5 cm³/mol. The van der Waals surface area contributed by atoms with E-state index >= 15 is 0 Å². The Kier molecular flexibility index (Phi) is 3.80. The summed E-state index contributed by atoms with van der Waals surface area (Å²) in [5.74, 6) is 0.908. The fourth-order valence-electron chi connectivity index (χ4n) is 1.95. The van der Waals surface area contributed by atoms with Crippen molar-refractivity contribution in [3.63, 3.8) is 0 Å². The highest BCUT2D eigenvalue weighted by Gasteiger charge is 2.15. The molecule has 0 radical (unpaired) electrons. The number of aryl methyl sites for hydroxylation is 1. The molecule has 1 fully saturated rings. The first-order valence-electron chi connectivity index (χ1n) is 5.83. The van der Waals surface area contributed by atoms with E-state index in [-0.39, 0.29) is 6.10 Å².